The van der Waals surface area contributed by atoms with Gasteiger partial charge in [0.05, 0.1) is 5.92 Å². The van der Waals surface area contributed by atoms with Crippen molar-refractivity contribution >= 4 is 23.8 Å². The number of unbranched alkanes of at least 4 members (excludes halogenated alkanes) is 1. The number of likely N-dealkylation sites (tertiary alicyclic amines) is 1. The second-order valence-electron chi connectivity index (χ2n) is 4.56. The summed E-state index contributed by atoms with van der Waals surface area (Å²) in [5.41, 5.74) is 0. The third-order valence-corrected chi connectivity index (χ3v) is 3.81. The zero-order valence-electron chi connectivity index (χ0n) is 10.9. The minimum atomic E-state index is -0.799. The van der Waals surface area contributed by atoms with Crippen LogP contribution in [0.15, 0.2) is 0 Å². The van der Waals surface area contributed by atoms with Gasteiger partial charge < -0.3 is 15.3 Å². The minimum absolute atomic E-state index is 0.120. The average Bonchev–Trinajstić information content (AvgIpc) is 2.38. The summed E-state index contributed by atoms with van der Waals surface area (Å²) in [7, 11) is 0. The molecule has 5 nitrogen and oxygen atoms in total. The predicted octanol–water partition coefficient (Wildman–Crippen LogP) is 1.64. The molecule has 1 fully saturated rings. The Kier molecular flexibility index (Phi) is 6.93. The van der Waals surface area contributed by atoms with Gasteiger partial charge in [-0.3, -0.25) is 4.79 Å². The molecule has 1 aliphatic heterocycles. The molecule has 18 heavy (non-hydrogen) atoms. The number of amides is 2. The summed E-state index contributed by atoms with van der Waals surface area (Å²) in [6.07, 6.45) is 5.59. The predicted molar refractivity (Wildman–Crippen MR) is 72.9 cm³/mol. The van der Waals surface area contributed by atoms with Crippen molar-refractivity contribution in [1.29, 1.82) is 0 Å². The van der Waals surface area contributed by atoms with Crippen molar-refractivity contribution in [2.45, 2.75) is 25.7 Å². The van der Waals surface area contributed by atoms with Crippen molar-refractivity contribution < 1.29 is 14.7 Å². The number of carbonyl (C=O) groups is 2. The molecule has 1 unspecified atom stereocenters. The van der Waals surface area contributed by atoms with Crippen molar-refractivity contribution in [3.8, 4) is 0 Å². The first-order valence-electron chi connectivity index (χ1n) is 6.39. The van der Waals surface area contributed by atoms with E-state index in [4.69, 9.17) is 5.11 Å². The number of thioether (sulfide) groups is 1. The quantitative estimate of drug-likeness (QED) is 0.722. The van der Waals surface area contributed by atoms with Crippen LogP contribution in [0, 0.1) is 5.92 Å². The number of nitrogens with one attached hydrogen (secondary N) is 1. The van der Waals surface area contributed by atoms with E-state index >= 15 is 0 Å². The number of hydrogen-bond donors (Lipinski definition) is 2. The van der Waals surface area contributed by atoms with Gasteiger partial charge in [0.15, 0.2) is 0 Å². The van der Waals surface area contributed by atoms with Gasteiger partial charge in [-0.1, -0.05) is 0 Å². The van der Waals surface area contributed by atoms with Crippen LogP contribution in [0.5, 0.6) is 0 Å². The number of rotatable bonds is 6. The lowest BCUT2D eigenvalue weighted by atomic mass is 9.99. The van der Waals surface area contributed by atoms with Crippen molar-refractivity contribution in [2.24, 2.45) is 5.92 Å². The zero-order chi connectivity index (χ0) is 13.4. The first kappa shape index (κ1) is 15.1. The van der Waals surface area contributed by atoms with Crippen molar-refractivity contribution in [3.63, 3.8) is 0 Å². The summed E-state index contributed by atoms with van der Waals surface area (Å²) in [6.45, 7) is 1.68. The van der Waals surface area contributed by atoms with Crippen molar-refractivity contribution in [1.82, 2.24) is 10.2 Å². The maximum absolute atomic E-state index is 11.8. The average molecular weight is 274 g/mol. The SMILES string of the molecule is CSCCCCNC(=O)N1CCCC(C(=O)O)C1. The highest BCUT2D eigenvalue weighted by Gasteiger charge is 2.27. The molecule has 1 saturated heterocycles. The van der Waals surface area contributed by atoms with Crippen LogP contribution in [0.3, 0.4) is 0 Å². The van der Waals surface area contributed by atoms with Crippen molar-refractivity contribution in [2.75, 3.05) is 31.6 Å². The maximum atomic E-state index is 11.8. The van der Waals surface area contributed by atoms with E-state index in [0.29, 0.717) is 26.1 Å². The number of aliphatic carboxylic acids is 1. The molecule has 0 aromatic heterocycles. The third-order valence-electron chi connectivity index (χ3n) is 3.11. The monoisotopic (exact) mass is 274 g/mol. The van der Waals surface area contributed by atoms with Crippen LogP contribution < -0.4 is 5.32 Å². The van der Waals surface area contributed by atoms with Crippen molar-refractivity contribution in [3.05, 3.63) is 0 Å². The molecule has 0 aromatic carbocycles. The number of piperidine rings is 1. The van der Waals surface area contributed by atoms with Gasteiger partial charge in [-0.25, -0.2) is 4.79 Å². The van der Waals surface area contributed by atoms with Gasteiger partial charge in [0, 0.05) is 19.6 Å². The number of nitrogens with zero attached hydrogens (tertiary/aromatic N) is 1. The molecule has 0 saturated carbocycles. The molecule has 0 bridgehead atoms. The summed E-state index contributed by atoms with van der Waals surface area (Å²) in [6, 6.07) is -0.120. The molecule has 1 atom stereocenters. The Labute approximate surface area is 112 Å². The molecule has 0 radical (unpaired) electrons. The lowest BCUT2D eigenvalue weighted by molar-refractivity contribution is -0.143. The minimum Gasteiger partial charge on any atom is -0.481 e. The van der Waals surface area contributed by atoms with Gasteiger partial charge in [0.25, 0.3) is 0 Å². The van der Waals surface area contributed by atoms with E-state index in [9.17, 15) is 9.59 Å². The molecule has 2 amide bonds. The van der Waals surface area contributed by atoms with E-state index in [0.717, 1.165) is 25.0 Å². The van der Waals surface area contributed by atoms with E-state index in [-0.39, 0.29) is 6.03 Å². The number of carboxylic acid groups (broad SMARTS) is 1. The Bertz CT molecular complexity index is 286. The van der Waals surface area contributed by atoms with Gasteiger partial charge in [-0.2, -0.15) is 11.8 Å². The maximum Gasteiger partial charge on any atom is 0.317 e. The first-order chi connectivity index (χ1) is 8.65. The van der Waals surface area contributed by atoms with Gasteiger partial charge in [0.1, 0.15) is 0 Å². The van der Waals surface area contributed by atoms with Crippen LogP contribution >= 0.6 is 11.8 Å². The smallest absolute Gasteiger partial charge is 0.317 e. The number of urea groups is 1. The first-order valence-corrected chi connectivity index (χ1v) is 7.79. The topological polar surface area (TPSA) is 69.6 Å². The highest BCUT2D eigenvalue weighted by molar-refractivity contribution is 7.98. The van der Waals surface area contributed by atoms with Crippen LogP contribution in [-0.2, 0) is 4.79 Å². The lowest BCUT2D eigenvalue weighted by Gasteiger charge is -2.30. The largest absolute Gasteiger partial charge is 0.481 e. The normalized spacial score (nSPS) is 19.6. The van der Waals surface area contributed by atoms with Gasteiger partial charge in [-0.05, 0) is 37.7 Å². The van der Waals surface area contributed by atoms with Crippen LogP contribution in [-0.4, -0.2) is 53.6 Å². The summed E-state index contributed by atoms with van der Waals surface area (Å²) in [5.74, 6) is -0.0887. The Balaban J connectivity index is 2.22. The van der Waals surface area contributed by atoms with E-state index in [2.05, 4.69) is 11.6 Å². The van der Waals surface area contributed by atoms with E-state index in [1.54, 1.807) is 16.7 Å². The highest BCUT2D eigenvalue weighted by Crippen LogP contribution is 2.16. The molecule has 1 aliphatic rings. The van der Waals surface area contributed by atoms with E-state index < -0.39 is 11.9 Å². The van der Waals surface area contributed by atoms with Gasteiger partial charge in [-0.15, -0.1) is 0 Å². The van der Waals surface area contributed by atoms with E-state index in [1.165, 1.54) is 0 Å². The fraction of sp³-hybridized carbons (Fsp3) is 0.833. The summed E-state index contributed by atoms with van der Waals surface area (Å²) >= 11 is 1.80. The van der Waals surface area contributed by atoms with Crippen LogP contribution in [0.2, 0.25) is 0 Å². The van der Waals surface area contributed by atoms with Crippen LogP contribution in [0.4, 0.5) is 4.79 Å². The summed E-state index contributed by atoms with van der Waals surface area (Å²) < 4.78 is 0. The second-order valence-corrected chi connectivity index (χ2v) is 5.54. The lowest BCUT2D eigenvalue weighted by Crippen LogP contribution is -2.47. The molecule has 0 spiro atoms. The van der Waals surface area contributed by atoms with E-state index in [1.807, 2.05) is 0 Å². The molecule has 2 N–H and O–H groups in total. The molecular weight excluding hydrogens is 252 g/mol. The Morgan fingerprint density at radius 1 is 1.44 bits per heavy atom. The summed E-state index contributed by atoms with van der Waals surface area (Å²) in [5, 5.41) is 11.8. The van der Waals surface area contributed by atoms with Gasteiger partial charge >= 0.3 is 12.0 Å². The highest BCUT2D eigenvalue weighted by atomic mass is 32.2. The number of hydrogen-bond acceptors (Lipinski definition) is 3. The van der Waals surface area contributed by atoms with Crippen LogP contribution in [0.25, 0.3) is 0 Å². The summed E-state index contributed by atoms with van der Waals surface area (Å²) in [4.78, 5) is 24.3. The fourth-order valence-electron chi connectivity index (χ4n) is 2.04. The molecule has 0 aliphatic carbocycles. The molecule has 0 aromatic rings. The molecule has 6 heteroatoms. The third kappa shape index (κ3) is 5.16. The number of carboxylic acids is 1. The molecule has 104 valence electrons. The Hall–Kier alpha value is -0.910. The standard InChI is InChI=1S/C12H22N2O3S/c1-18-8-3-2-6-13-12(17)14-7-4-5-10(9-14)11(15)16/h10H,2-9H2,1H3,(H,13,17)(H,15,16). The molecular formula is C12H22N2O3S. The fourth-order valence-corrected chi connectivity index (χ4v) is 2.53. The van der Waals surface area contributed by atoms with Crippen LogP contribution in [0.1, 0.15) is 25.7 Å². The zero-order valence-corrected chi connectivity index (χ0v) is 11.7. The Morgan fingerprint density at radius 3 is 2.89 bits per heavy atom. The number of carbonyl (C=O) groups excluding carboxylic acids is 1. The van der Waals surface area contributed by atoms with Gasteiger partial charge in [0.2, 0.25) is 0 Å². The molecule has 1 heterocycles. The second kappa shape index (κ2) is 8.24. The Morgan fingerprint density at radius 2 is 2.22 bits per heavy atom. The molecule has 1 rings (SSSR count).